The second-order valence-electron chi connectivity index (χ2n) is 7.47. The highest BCUT2D eigenvalue weighted by Crippen LogP contribution is 2.31. The van der Waals surface area contributed by atoms with Gasteiger partial charge in [0, 0.05) is 64.5 Å². The number of hydrogen-bond acceptors (Lipinski definition) is 6. The average Bonchev–Trinajstić information content (AvgIpc) is 2.73. The monoisotopic (exact) mass is 445 g/mol. The summed E-state index contributed by atoms with van der Waals surface area (Å²) in [5.41, 5.74) is 1.76. The highest BCUT2D eigenvalue weighted by atomic mass is 35.5. The normalized spacial score (nSPS) is 13.7. The third kappa shape index (κ3) is 5.05. The van der Waals surface area contributed by atoms with Gasteiger partial charge in [0.05, 0.1) is 15.6 Å². The van der Waals surface area contributed by atoms with Gasteiger partial charge in [-0.15, -0.1) is 0 Å². The minimum atomic E-state index is -0.494. The first-order valence-corrected chi connectivity index (χ1v) is 10.1. The summed E-state index contributed by atoms with van der Waals surface area (Å²) in [6.07, 6.45) is 0. The lowest BCUT2D eigenvalue weighted by Crippen LogP contribution is -2.48. The van der Waals surface area contributed by atoms with Crippen molar-refractivity contribution in [3.63, 3.8) is 0 Å². The Hall–Kier alpha value is -3.33. The number of piperazine rings is 1. The summed E-state index contributed by atoms with van der Waals surface area (Å²) in [5, 5.41) is 14.9. The van der Waals surface area contributed by atoms with E-state index in [1.54, 1.807) is 35.2 Å². The fraction of sp³-hybridized carbons (Fsp3) is 0.333. The number of carbonyl (C=O) groups excluding carboxylic acids is 2. The molecule has 1 fully saturated rings. The van der Waals surface area contributed by atoms with Gasteiger partial charge in [-0.1, -0.05) is 11.6 Å². The molecule has 0 bridgehead atoms. The third-order valence-corrected chi connectivity index (χ3v) is 5.49. The molecule has 0 spiro atoms. The fourth-order valence-corrected chi connectivity index (χ4v) is 3.84. The number of nitro groups is 1. The van der Waals surface area contributed by atoms with E-state index in [2.05, 4.69) is 5.32 Å². The minimum absolute atomic E-state index is 0.0140. The summed E-state index contributed by atoms with van der Waals surface area (Å²) in [5.74, 6) is -0.482. The molecule has 1 aliphatic rings. The summed E-state index contributed by atoms with van der Waals surface area (Å²) in [7, 11) is 3.72. The van der Waals surface area contributed by atoms with Crippen molar-refractivity contribution in [2.24, 2.45) is 0 Å². The van der Waals surface area contributed by atoms with E-state index in [0.717, 1.165) is 5.69 Å². The summed E-state index contributed by atoms with van der Waals surface area (Å²) < 4.78 is 0. The predicted octanol–water partition coefficient (Wildman–Crippen LogP) is 3.24. The average molecular weight is 446 g/mol. The van der Waals surface area contributed by atoms with Crippen LogP contribution in [0.5, 0.6) is 0 Å². The van der Waals surface area contributed by atoms with Crippen molar-refractivity contribution in [1.82, 2.24) is 4.90 Å². The van der Waals surface area contributed by atoms with E-state index >= 15 is 0 Å². The highest BCUT2D eigenvalue weighted by Gasteiger charge is 2.26. The quantitative estimate of drug-likeness (QED) is 0.560. The number of nitrogens with zero attached hydrogens (tertiary/aromatic N) is 4. The Morgan fingerprint density at radius 1 is 1.10 bits per heavy atom. The van der Waals surface area contributed by atoms with Gasteiger partial charge in [-0.2, -0.15) is 0 Å². The third-order valence-electron chi connectivity index (χ3n) is 5.19. The maximum Gasteiger partial charge on any atom is 0.293 e. The molecule has 10 heteroatoms. The molecule has 1 saturated heterocycles. The number of carbonyl (C=O) groups is 2. The van der Waals surface area contributed by atoms with Crippen molar-refractivity contribution in [1.29, 1.82) is 0 Å². The van der Waals surface area contributed by atoms with Crippen LogP contribution in [-0.2, 0) is 4.79 Å². The van der Waals surface area contributed by atoms with Crippen LogP contribution in [0, 0.1) is 10.1 Å². The van der Waals surface area contributed by atoms with Gasteiger partial charge in [-0.25, -0.2) is 0 Å². The van der Waals surface area contributed by atoms with E-state index in [0.29, 0.717) is 42.6 Å². The van der Waals surface area contributed by atoms with E-state index in [-0.39, 0.29) is 17.2 Å². The summed E-state index contributed by atoms with van der Waals surface area (Å²) in [6.45, 7) is 3.48. The van der Waals surface area contributed by atoms with Crippen LogP contribution in [0.2, 0.25) is 5.02 Å². The Morgan fingerprint density at radius 2 is 1.77 bits per heavy atom. The Morgan fingerprint density at radius 3 is 2.32 bits per heavy atom. The van der Waals surface area contributed by atoms with E-state index < -0.39 is 10.8 Å². The highest BCUT2D eigenvalue weighted by molar-refractivity contribution is 6.33. The molecule has 0 atom stereocenters. The van der Waals surface area contributed by atoms with Crippen LogP contribution in [-0.4, -0.2) is 61.9 Å². The molecule has 1 heterocycles. The molecule has 9 nitrogen and oxygen atoms in total. The molecule has 0 radical (unpaired) electrons. The number of rotatable bonds is 5. The molecule has 2 aromatic carbocycles. The standard InChI is InChI=1S/C21H24ClN5O4/c1-14(28)25-8-10-26(11-9-25)19-6-4-15(12-20(19)27(30)31)21(29)23-16-5-7-18(24(2)3)17(22)13-16/h4-7,12-13H,8-11H2,1-3H3,(H,23,29). The molecule has 1 aliphatic heterocycles. The van der Waals surface area contributed by atoms with Crippen molar-refractivity contribution in [3.8, 4) is 0 Å². The molecule has 31 heavy (non-hydrogen) atoms. The van der Waals surface area contributed by atoms with E-state index in [1.165, 1.54) is 13.0 Å². The van der Waals surface area contributed by atoms with Crippen LogP contribution < -0.4 is 15.1 Å². The molecule has 0 aromatic heterocycles. The number of halogens is 1. The first-order valence-electron chi connectivity index (χ1n) is 9.74. The van der Waals surface area contributed by atoms with Crippen LogP contribution in [0.3, 0.4) is 0 Å². The Labute approximate surface area is 185 Å². The molecule has 164 valence electrons. The zero-order valence-corrected chi connectivity index (χ0v) is 18.3. The Balaban J connectivity index is 1.79. The van der Waals surface area contributed by atoms with E-state index in [1.807, 2.05) is 23.9 Å². The molecule has 0 aliphatic carbocycles. The second kappa shape index (κ2) is 9.22. The van der Waals surface area contributed by atoms with E-state index in [4.69, 9.17) is 11.6 Å². The lowest BCUT2D eigenvalue weighted by Gasteiger charge is -2.35. The van der Waals surface area contributed by atoms with Gasteiger partial charge in [0.15, 0.2) is 0 Å². The number of amides is 2. The first-order chi connectivity index (χ1) is 14.7. The van der Waals surface area contributed by atoms with Crippen molar-refractivity contribution in [2.45, 2.75) is 6.92 Å². The molecule has 0 saturated carbocycles. The lowest BCUT2D eigenvalue weighted by atomic mass is 10.1. The SMILES string of the molecule is CC(=O)N1CCN(c2ccc(C(=O)Nc3ccc(N(C)C)c(Cl)c3)cc2[N+](=O)[O-])CC1. The topological polar surface area (TPSA) is 99.0 Å². The van der Waals surface area contributed by atoms with Crippen LogP contribution in [0.15, 0.2) is 36.4 Å². The molecule has 2 aromatic rings. The van der Waals surface area contributed by atoms with Crippen molar-refractivity contribution in [3.05, 3.63) is 57.1 Å². The molecular formula is C21H24ClN5O4. The van der Waals surface area contributed by atoms with Gasteiger partial charge in [0.25, 0.3) is 11.6 Å². The molecular weight excluding hydrogens is 422 g/mol. The van der Waals surface area contributed by atoms with Gasteiger partial charge in [0.1, 0.15) is 5.69 Å². The van der Waals surface area contributed by atoms with Crippen LogP contribution in [0.25, 0.3) is 0 Å². The predicted molar refractivity (Wildman–Crippen MR) is 121 cm³/mol. The maximum absolute atomic E-state index is 12.7. The number of nitrogens with one attached hydrogen (secondary N) is 1. The van der Waals surface area contributed by atoms with Gasteiger partial charge in [-0.05, 0) is 30.3 Å². The number of nitro benzene ring substituents is 1. The number of hydrogen-bond donors (Lipinski definition) is 1. The zero-order chi connectivity index (χ0) is 22.7. The van der Waals surface area contributed by atoms with Crippen molar-refractivity contribution in [2.75, 3.05) is 55.4 Å². The van der Waals surface area contributed by atoms with Gasteiger partial charge in [0.2, 0.25) is 5.91 Å². The summed E-state index contributed by atoms with van der Waals surface area (Å²) in [6, 6.07) is 9.55. The van der Waals surface area contributed by atoms with Crippen LogP contribution in [0.4, 0.5) is 22.7 Å². The molecule has 2 amide bonds. The summed E-state index contributed by atoms with van der Waals surface area (Å²) >= 11 is 6.24. The number of benzene rings is 2. The largest absolute Gasteiger partial charge is 0.376 e. The molecule has 0 unspecified atom stereocenters. The zero-order valence-electron chi connectivity index (χ0n) is 17.6. The van der Waals surface area contributed by atoms with Crippen molar-refractivity contribution >= 4 is 46.2 Å². The molecule has 1 N–H and O–H groups in total. The first kappa shape index (κ1) is 22.4. The van der Waals surface area contributed by atoms with Crippen LogP contribution in [0.1, 0.15) is 17.3 Å². The molecule has 3 rings (SSSR count). The van der Waals surface area contributed by atoms with Gasteiger partial charge >= 0.3 is 0 Å². The summed E-state index contributed by atoms with van der Waals surface area (Å²) in [4.78, 5) is 40.8. The van der Waals surface area contributed by atoms with Crippen LogP contribution >= 0.6 is 11.6 Å². The van der Waals surface area contributed by atoms with E-state index in [9.17, 15) is 19.7 Å². The Kier molecular flexibility index (Phi) is 6.65. The smallest absolute Gasteiger partial charge is 0.293 e. The van der Waals surface area contributed by atoms with Crippen molar-refractivity contribution < 1.29 is 14.5 Å². The fourth-order valence-electron chi connectivity index (χ4n) is 3.49. The van der Waals surface area contributed by atoms with Gasteiger partial charge in [-0.3, -0.25) is 19.7 Å². The minimum Gasteiger partial charge on any atom is -0.376 e. The second-order valence-corrected chi connectivity index (χ2v) is 7.88. The lowest BCUT2D eigenvalue weighted by molar-refractivity contribution is -0.384. The maximum atomic E-state index is 12.7. The number of anilines is 3. The Bertz CT molecular complexity index is 1020. The van der Waals surface area contributed by atoms with Gasteiger partial charge < -0.3 is 20.0 Å².